The van der Waals surface area contributed by atoms with Crippen molar-refractivity contribution < 1.29 is 4.79 Å². The number of fused-ring (bicyclic) bond motifs is 1. The van der Waals surface area contributed by atoms with Gasteiger partial charge >= 0.3 is 0 Å². The first-order chi connectivity index (χ1) is 8.75. The van der Waals surface area contributed by atoms with Gasteiger partial charge in [-0.15, -0.1) is 11.3 Å². The topological polar surface area (TPSA) is 23.6 Å². The highest BCUT2D eigenvalue weighted by atomic mass is 79.9. The van der Waals surface area contributed by atoms with Gasteiger partial charge < -0.3 is 4.90 Å². The predicted octanol–water partition coefficient (Wildman–Crippen LogP) is 2.82. The molecule has 0 spiro atoms. The third-order valence-corrected chi connectivity index (χ3v) is 5.76. The number of nitrogens with zero attached hydrogens (tertiary/aromatic N) is 2. The minimum atomic E-state index is 0.196. The molecule has 18 heavy (non-hydrogen) atoms. The van der Waals surface area contributed by atoms with Crippen molar-refractivity contribution in [3.05, 3.63) is 20.8 Å². The molecule has 0 aliphatic carbocycles. The second-order valence-electron chi connectivity index (χ2n) is 5.03. The Balaban J connectivity index is 1.70. The van der Waals surface area contributed by atoms with E-state index in [9.17, 15) is 4.79 Å². The Bertz CT molecular complexity index is 448. The Labute approximate surface area is 120 Å². The third-order valence-electron chi connectivity index (χ3n) is 3.94. The van der Waals surface area contributed by atoms with Gasteiger partial charge in [0.15, 0.2) is 0 Å². The highest BCUT2D eigenvalue weighted by Crippen LogP contribution is 2.27. The molecule has 5 heteroatoms. The molecule has 98 valence electrons. The Morgan fingerprint density at radius 1 is 1.33 bits per heavy atom. The molecule has 0 N–H and O–H groups in total. The highest BCUT2D eigenvalue weighted by Gasteiger charge is 2.32. The summed E-state index contributed by atoms with van der Waals surface area (Å²) in [5.74, 6) is 0.196. The number of hydrogen-bond acceptors (Lipinski definition) is 3. The molecule has 3 rings (SSSR count). The first-order valence-corrected chi connectivity index (χ1v) is 8.19. The monoisotopic (exact) mass is 328 g/mol. The van der Waals surface area contributed by atoms with Crippen molar-refractivity contribution in [1.29, 1.82) is 0 Å². The van der Waals surface area contributed by atoms with E-state index in [4.69, 9.17) is 0 Å². The smallest absolute Gasteiger partial charge is 0.265 e. The number of carbonyl (C=O) groups is 1. The highest BCUT2D eigenvalue weighted by molar-refractivity contribution is 9.10. The third kappa shape index (κ3) is 2.36. The van der Waals surface area contributed by atoms with Crippen LogP contribution in [0.3, 0.4) is 0 Å². The molecule has 1 atom stereocenters. The Morgan fingerprint density at radius 2 is 2.22 bits per heavy atom. The first kappa shape index (κ1) is 12.6. The SMILES string of the molecule is O=C(c1sccc1Br)N1CCN2CCCCC2C1. The zero-order chi connectivity index (χ0) is 12.5. The maximum Gasteiger partial charge on any atom is 0.265 e. The normalized spacial score (nSPS) is 24.9. The van der Waals surface area contributed by atoms with Gasteiger partial charge in [0.05, 0.1) is 0 Å². The second-order valence-corrected chi connectivity index (χ2v) is 6.80. The molecule has 3 nitrogen and oxygen atoms in total. The van der Waals surface area contributed by atoms with Crippen LogP contribution >= 0.6 is 27.3 Å². The zero-order valence-electron chi connectivity index (χ0n) is 10.3. The summed E-state index contributed by atoms with van der Waals surface area (Å²) < 4.78 is 0.934. The summed E-state index contributed by atoms with van der Waals surface area (Å²) in [4.78, 5) is 17.9. The molecule has 0 saturated carbocycles. The van der Waals surface area contributed by atoms with E-state index in [1.54, 1.807) is 0 Å². The number of hydrogen-bond donors (Lipinski definition) is 0. The van der Waals surface area contributed by atoms with E-state index in [-0.39, 0.29) is 5.91 Å². The van der Waals surface area contributed by atoms with Crippen molar-refractivity contribution in [2.24, 2.45) is 0 Å². The van der Waals surface area contributed by atoms with Crippen molar-refractivity contribution in [2.45, 2.75) is 25.3 Å². The van der Waals surface area contributed by atoms with Gasteiger partial charge in [-0.3, -0.25) is 9.69 Å². The lowest BCUT2D eigenvalue weighted by atomic mass is 9.99. The number of piperidine rings is 1. The summed E-state index contributed by atoms with van der Waals surface area (Å²) >= 11 is 4.98. The lowest BCUT2D eigenvalue weighted by Crippen LogP contribution is -2.56. The van der Waals surface area contributed by atoms with Crippen LogP contribution in [0.4, 0.5) is 0 Å². The molecule has 1 aromatic heterocycles. The van der Waals surface area contributed by atoms with E-state index in [0.29, 0.717) is 6.04 Å². The molecule has 2 fully saturated rings. The van der Waals surface area contributed by atoms with E-state index >= 15 is 0 Å². The fourth-order valence-corrected chi connectivity index (χ4v) is 4.44. The maximum atomic E-state index is 12.4. The number of piperazine rings is 1. The molecular formula is C13H17BrN2OS. The average Bonchev–Trinajstić information content (AvgIpc) is 2.83. The van der Waals surface area contributed by atoms with Crippen LogP contribution in [0.5, 0.6) is 0 Å². The fraction of sp³-hybridized carbons (Fsp3) is 0.615. The average molecular weight is 329 g/mol. The summed E-state index contributed by atoms with van der Waals surface area (Å²) in [5, 5.41) is 1.97. The standard InChI is InChI=1S/C13H17BrN2OS/c14-11-4-8-18-12(11)13(17)16-7-6-15-5-2-1-3-10(15)9-16/h4,8,10H,1-3,5-7,9H2. The van der Waals surface area contributed by atoms with Crippen molar-refractivity contribution in [1.82, 2.24) is 9.80 Å². The summed E-state index contributed by atoms with van der Waals surface area (Å²) in [6.07, 6.45) is 3.88. The van der Waals surface area contributed by atoms with Gasteiger partial charge in [-0.1, -0.05) is 6.42 Å². The summed E-state index contributed by atoms with van der Waals surface area (Å²) in [6.45, 7) is 4.04. The minimum Gasteiger partial charge on any atom is -0.335 e. The molecular weight excluding hydrogens is 312 g/mol. The van der Waals surface area contributed by atoms with Crippen LogP contribution in [0.2, 0.25) is 0 Å². The maximum absolute atomic E-state index is 12.4. The fourth-order valence-electron chi connectivity index (χ4n) is 2.93. The van der Waals surface area contributed by atoms with Crippen molar-refractivity contribution in [2.75, 3.05) is 26.2 Å². The summed E-state index contributed by atoms with van der Waals surface area (Å²) in [5.41, 5.74) is 0. The van der Waals surface area contributed by atoms with Gasteiger partial charge in [-0.05, 0) is 46.8 Å². The van der Waals surface area contributed by atoms with Crippen LogP contribution in [0.1, 0.15) is 28.9 Å². The van der Waals surface area contributed by atoms with Crippen molar-refractivity contribution in [3.63, 3.8) is 0 Å². The molecule has 1 unspecified atom stereocenters. The summed E-state index contributed by atoms with van der Waals surface area (Å²) in [6, 6.07) is 2.55. The van der Waals surface area contributed by atoms with Crippen LogP contribution in [0.15, 0.2) is 15.9 Å². The summed E-state index contributed by atoms with van der Waals surface area (Å²) in [7, 11) is 0. The molecule has 2 aliphatic heterocycles. The Hall–Kier alpha value is -0.390. The lowest BCUT2D eigenvalue weighted by Gasteiger charge is -2.43. The molecule has 0 bridgehead atoms. The molecule has 0 radical (unpaired) electrons. The number of rotatable bonds is 1. The van der Waals surface area contributed by atoms with Crippen LogP contribution in [0.25, 0.3) is 0 Å². The zero-order valence-corrected chi connectivity index (χ0v) is 12.7. The van der Waals surface area contributed by atoms with Gasteiger partial charge in [0.1, 0.15) is 4.88 Å². The van der Waals surface area contributed by atoms with Gasteiger partial charge in [0.2, 0.25) is 0 Å². The first-order valence-electron chi connectivity index (χ1n) is 6.52. The lowest BCUT2D eigenvalue weighted by molar-refractivity contribution is 0.0375. The van der Waals surface area contributed by atoms with Gasteiger partial charge in [0.25, 0.3) is 5.91 Å². The van der Waals surface area contributed by atoms with Gasteiger partial charge in [0, 0.05) is 30.1 Å². The molecule has 1 aromatic rings. The van der Waals surface area contributed by atoms with Crippen LogP contribution in [-0.2, 0) is 0 Å². The molecule has 1 amide bonds. The van der Waals surface area contributed by atoms with Crippen LogP contribution in [-0.4, -0.2) is 47.9 Å². The quantitative estimate of drug-likeness (QED) is 0.791. The predicted molar refractivity (Wildman–Crippen MR) is 77.1 cm³/mol. The van der Waals surface area contributed by atoms with E-state index in [2.05, 4.69) is 20.8 Å². The molecule has 2 saturated heterocycles. The minimum absolute atomic E-state index is 0.196. The van der Waals surface area contributed by atoms with Gasteiger partial charge in [-0.2, -0.15) is 0 Å². The van der Waals surface area contributed by atoms with E-state index in [1.807, 2.05) is 16.3 Å². The van der Waals surface area contributed by atoms with E-state index in [0.717, 1.165) is 29.0 Å². The van der Waals surface area contributed by atoms with Crippen molar-refractivity contribution in [3.8, 4) is 0 Å². The van der Waals surface area contributed by atoms with Crippen LogP contribution in [0, 0.1) is 0 Å². The Morgan fingerprint density at radius 3 is 3.00 bits per heavy atom. The molecule has 2 aliphatic rings. The number of thiophene rings is 1. The number of amides is 1. The van der Waals surface area contributed by atoms with Crippen molar-refractivity contribution >= 4 is 33.2 Å². The second kappa shape index (κ2) is 5.31. The molecule has 3 heterocycles. The van der Waals surface area contributed by atoms with Crippen LogP contribution < -0.4 is 0 Å². The number of carbonyl (C=O) groups excluding carboxylic acids is 1. The Kier molecular flexibility index (Phi) is 3.73. The van der Waals surface area contributed by atoms with Gasteiger partial charge in [-0.25, -0.2) is 0 Å². The van der Waals surface area contributed by atoms with E-state index in [1.165, 1.54) is 37.1 Å². The van der Waals surface area contributed by atoms with E-state index < -0.39 is 0 Å². The largest absolute Gasteiger partial charge is 0.335 e. The number of halogens is 1. The molecule has 0 aromatic carbocycles.